The largest absolute Gasteiger partial charge is 0.361 e. The highest BCUT2D eigenvalue weighted by Crippen LogP contribution is 2.43. The van der Waals surface area contributed by atoms with E-state index in [1.807, 2.05) is 0 Å². The second-order valence-corrected chi connectivity index (χ2v) is 13.5. The minimum absolute atomic E-state index is 0.0749. The Morgan fingerprint density at radius 1 is 1.05 bits per heavy atom. The fourth-order valence-corrected chi connectivity index (χ4v) is 8.15. The predicted octanol–water partition coefficient (Wildman–Crippen LogP) is 5.03. The third kappa shape index (κ3) is 5.59. The standard InChI is InChI=1S/C28H26Cl3N3O5S/c1-33-15-25(35)34(28(33)37)14-16-10-17-8-9-19(32-27(36)26-22(30)6-3-7-23(26)31)13-21(17)24(11-16)40(38,39)20-5-2-4-18(29)12-20/h2-9,12-13,16,24,28,37H,10-11,14-15H2,1H3,(H,32,36). The third-order valence-electron chi connectivity index (χ3n) is 7.33. The first-order valence-corrected chi connectivity index (χ1v) is 15.2. The summed E-state index contributed by atoms with van der Waals surface area (Å²) in [6.45, 7) is 0.294. The maximum absolute atomic E-state index is 14.0. The molecule has 1 fully saturated rings. The van der Waals surface area contributed by atoms with Crippen LogP contribution in [0.2, 0.25) is 15.1 Å². The van der Waals surface area contributed by atoms with Crippen LogP contribution in [0.15, 0.2) is 65.6 Å². The number of hydrogen-bond acceptors (Lipinski definition) is 6. The Hall–Kier alpha value is -2.66. The number of nitrogens with one attached hydrogen (secondary N) is 1. The number of carbonyl (C=O) groups is 2. The molecule has 3 atom stereocenters. The molecule has 3 unspecified atom stereocenters. The summed E-state index contributed by atoms with van der Waals surface area (Å²) in [5.41, 5.74) is 1.82. The highest BCUT2D eigenvalue weighted by atomic mass is 35.5. The number of aliphatic hydroxyl groups is 1. The van der Waals surface area contributed by atoms with Crippen molar-refractivity contribution in [3.63, 3.8) is 0 Å². The smallest absolute Gasteiger partial charge is 0.258 e. The molecule has 0 bridgehead atoms. The minimum Gasteiger partial charge on any atom is -0.361 e. The summed E-state index contributed by atoms with van der Waals surface area (Å²) in [6, 6.07) is 16.0. The lowest BCUT2D eigenvalue weighted by molar-refractivity contribution is -0.135. The normalized spacial score (nSPS) is 21.4. The van der Waals surface area contributed by atoms with Crippen molar-refractivity contribution in [2.75, 3.05) is 25.5 Å². The van der Waals surface area contributed by atoms with Gasteiger partial charge in [-0.2, -0.15) is 0 Å². The number of fused-ring (bicyclic) bond motifs is 1. The summed E-state index contributed by atoms with van der Waals surface area (Å²) in [5, 5.41) is 13.0. The molecule has 0 aromatic heterocycles. The molecule has 0 radical (unpaired) electrons. The van der Waals surface area contributed by atoms with Gasteiger partial charge in [0.1, 0.15) is 0 Å². The lowest BCUT2D eigenvalue weighted by Crippen LogP contribution is -2.42. The summed E-state index contributed by atoms with van der Waals surface area (Å²) >= 11 is 18.5. The molecule has 0 saturated carbocycles. The maximum Gasteiger partial charge on any atom is 0.258 e. The Bertz CT molecular complexity index is 1580. The van der Waals surface area contributed by atoms with Crippen LogP contribution in [0.1, 0.15) is 33.2 Å². The van der Waals surface area contributed by atoms with Crippen LogP contribution < -0.4 is 5.32 Å². The topological polar surface area (TPSA) is 107 Å². The Labute approximate surface area is 247 Å². The van der Waals surface area contributed by atoms with E-state index >= 15 is 0 Å². The lowest BCUT2D eigenvalue weighted by Gasteiger charge is -2.35. The van der Waals surface area contributed by atoms with Gasteiger partial charge >= 0.3 is 0 Å². The van der Waals surface area contributed by atoms with Gasteiger partial charge in [-0.25, -0.2) is 8.42 Å². The molecule has 3 aromatic rings. The van der Waals surface area contributed by atoms with Gasteiger partial charge in [-0.3, -0.25) is 14.5 Å². The van der Waals surface area contributed by atoms with Gasteiger partial charge in [0.05, 0.1) is 32.3 Å². The molecule has 1 heterocycles. The second-order valence-electron chi connectivity index (χ2n) is 10.1. The van der Waals surface area contributed by atoms with Crippen molar-refractivity contribution in [1.29, 1.82) is 0 Å². The summed E-state index contributed by atoms with van der Waals surface area (Å²) in [4.78, 5) is 28.5. The van der Waals surface area contributed by atoms with E-state index < -0.39 is 27.3 Å². The zero-order valence-electron chi connectivity index (χ0n) is 21.4. The predicted molar refractivity (Wildman–Crippen MR) is 154 cm³/mol. The molecular weight excluding hydrogens is 597 g/mol. The van der Waals surface area contributed by atoms with E-state index in [0.29, 0.717) is 22.7 Å². The van der Waals surface area contributed by atoms with Gasteiger partial charge in [-0.05, 0) is 79.4 Å². The molecule has 0 spiro atoms. The van der Waals surface area contributed by atoms with Gasteiger partial charge in [0.15, 0.2) is 16.2 Å². The number of hydrogen-bond donors (Lipinski definition) is 2. The molecule has 1 aliphatic carbocycles. The number of nitrogens with zero attached hydrogens (tertiary/aromatic N) is 2. The first-order chi connectivity index (χ1) is 19.0. The summed E-state index contributed by atoms with van der Waals surface area (Å²) in [7, 11) is -2.28. The van der Waals surface area contributed by atoms with Crippen molar-refractivity contribution in [3.05, 3.63) is 92.4 Å². The molecule has 5 rings (SSSR count). The molecule has 2 N–H and O–H groups in total. The number of benzene rings is 3. The summed E-state index contributed by atoms with van der Waals surface area (Å²) in [6.07, 6.45) is -0.372. The molecule has 40 heavy (non-hydrogen) atoms. The third-order valence-corrected chi connectivity index (χ3v) is 10.3. The molecule has 8 nitrogen and oxygen atoms in total. The second kappa shape index (κ2) is 11.3. The van der Waals surface area contributed by atoms with E-state index in [1.54, 1.807) is 55.6 Å². The number of rotatable bonds is 6. The SMILES string of the molecule is CN1CC(=O)N(CC2Cc3ccc(NC(=O)c4c(Cl)cccc4Cl)cc3C(S(=O)(=O)c3cccc(Cl)c3)C2)C1O. The Kier molecular flexibility index (Phi) is 8.16. The fourth-order valence-electron chi connectivity index (χ4n) is 5.36. The minimum atomic E-state index is -3.93. The van der Waals surface area contributed by atoms with Crippen LogP contribution in [0.3, 0.4) is 0 Å². The summed E-state index contributed by atoms with van der Waals surface area (Å²) < 4.78 is 28.0. The molecule has 3 aromatic carbocycles. The average molecular weight is 623 g/mol. The first-order valence-electron chi connectivity index (χ1n) is 12.5. The monoisotopic (exact) mass is 621 g/mol. The quantitative estimate of drug-likeness (QED) is 0.400. The van der Waals surface area contributed by atoms with E-state index in [9.17, 15) is 23.1 Å². The van der Waals surface area contributed by atoms with Gasteiger partial charge < -0.3 is 15.3 Å². The van der Waals surface area contributed by atoms with Crippen LogP contribution in [0.4, 0.5) is 5.69 Å². The highest BCUT2D eigenvalue weighted by molar-refractivity contribution is 7.91. The van der Waals surface area contributed by atoms with E-state index in [0.717, 1.165) is 5.56 Å². The van der Waals surface area contributed by atoms with Crippen LogP contribution in [0.25, 0.3) is 0 Å². The number of amides is 2. The zero-order chi connectivity index (χ0) is 28.8. The Morgan fingerprint density at radius 2 is 1.75 bits per heavy atom. The van der Waals surface area contributed by atoms with Crippen molar-refractivity contribution in [2.24, 2.45) is 5.92 Å². The summed E-state index contributed by atoms with van der Waals surface area (Å²) in [5.74, 6) is -0.977. The van der Waals surface area contributed by atoms with Crippen molar-refractivity contribution < 1.29 is 23.1 Å². The number of halogens is 3. The van der Waals surface area contributed by atoms with Crippen molar-refractivity contribution >= 4 is 62.1 Å². The van der Waals surface area contributed by atoms with Crippen LogP contribution in [0, 0.1) is 5.92 Å². The zero-order valence-corrected chi connectivity index (χ0v) is 24.4. The van der Waals surface area contributed by atoms with E-state index in [4.69, 9.17) is 34.8 Å². The van der Waals surface area contributed by atoms with Crippen LogP contribution in [0.5, 0.6) is 0 Å². The molecule has 1 aliphatic heterocycles. The average Bonchev–Trinajstić information content (AvgIpc) is 3.14. The van der Waals surface area contributed by atoms with Crippen LogP contribution in [-0.4, -0.2) is 61.6 Å². The highest BCUT2D eigenvalue weighted by Gasteiger charge is 2.41. The van der Waals surface area contributed by atoms with E-state index in [1.165, 1.54) is 21.9 Å². The van der Waals surface area contributed by atoms with Crippen LogP contribution >= 0.6 is 34.8 Å². The van der Waals surface area contributed by atoms with Gasteiger partial charge in [-0.15, -0.1) is 0 Å². The van der Waals surface area contributed by atoms with Crippen molar-refractivity contribution in [1.82, 2.24) is 9.80 Å². The Morgan fingerprint density at radius 3 is 2.40 bits per heavy atom. The molecule has 1 saturated heterocycles. The maximum atomic E-state index is 14.0. The van der Waals surface area contributed by atoms with Crippen molar-refractivity contribution in [3.8, 4) is 0 Å². The molecular formula is C28H26Cl3N3O5S. The number of anilines is 1. The molecule has 2 aliphatic rings. The van der Waals surface area contributed by atoms with Crippen molar-refractivity contribution in [2.45, 2.75) is 29.3 Å². The number of likely N-dealkylation sites (N-methyl/N-ethyl adjacent to an activating group) is 1. The number of aliphatic hydroxyl groups excluding tert-OH is 1. The van der Waals surface area contributed by atoms with Gasteiger partial charge in [0.25, 0.3) is 5.91 Å². The molecule has 210 valence electrons. The molecule has 2 amide bonds. The lowest BCUT2D eigenvalue weighted by atomic mass is 9.83. The fraction of sp³-hybridized carbons (Fsp3) is 0.286. The molecule has 12 heteroatoms. The van der Waals surface area contributed by atoms with Gasteiger partial charge in [0.2, 0.25) is 5.91 Å². The van der Waals surface area contributed by atoms with E-state index in [2.05, 4.69) is 5.32 Å². The van der Waals surface area contributed by atoms with Gasteiger partial charge in [-0.1, -0.05) is 53.0 Å². The van der Waals surface area contributed by atoms with E-state index in [-0.39, 0.29) is 51.8 Å². The number of carbonyl (C=O) groups excluding carboxylic acids is 2. The number of sulfone groups is 1. The van der Waals surface area contributed by atoms with Gasteiger partial charge in [0, 0.05) is 17.3 Å². The first kappa shape index (κ1) is 28.9. The Balaban J connectivity index is 1.51. The van der Waals surface area contributed by atoms with Crippen LogP contribution in [-0.2, 0) is 21.1 Å².